The molecule has 188 valence electrons. The standard InChI is InChI=1S/C28H36N2O5/c1-5-14-35-26-13-10-22(16-27(26)33-4)18-30(19-24-7-6-15-34-24)28(32)17-25(29-21(3)31)23-11-8-20(2)9-12-23/h5,8-13,16,24-25H,1,6-7,14-15,17-19H2,2-4H3,(H,29,31). The molecule has 2 atom stereocenters. The van der Waals surface area contributed by atoms with Crippen molar-refractivity contribution in [2.45, 2.75) is 51.8 Å². The largest absolute Gasteiger partial charge is 0.493 e. The average molecular weight is 481 g/mol. The summed E-state index contributed by atoms with van der Waals surface area (Å²) in [6, 6.07) is 13.2. The van der Waals surface area contributed by atoms with Gasteiger partial charge in [-0.15, -0.1) is 0 Å². The zero-order valence-electron chi connectivity index (χ0n) is 20.9. The highest BCUT2D eigenvalue weighted by atomic mass is 16.5. The quantitative estimate of drug-likeness (QED) is 0.457. The first-order valence-electron chi connectivity index (χ1n) is 12.0. The fraction of sp³-hybridized carbons (Fsp3) is 0.429. The van der Waals surface area contributed by atoms with E-state index in [2.05, 4.69) is 11.9 Å². The fourth-order valence-corrected chi connectivity index (χ4v) is 4.19. The number of carbonyl (C=O) groups is 2. The van der Waals surface area contributed by atoms with Gasteiger partial charge in [-0.1, -0.05) is 48.6 Å². The van der Waals surface area contributed by atoms with E-state index in [0.29, 0.717) is 37.8 Å². The van der Waals surface area contributed by atoms with E-state index in [0.717, 1.165) is 29.5 Å². The van der Waals surface area contributed by atoms with Crippen LogP contribution < -0.4 is 14.8 Å². The molecule has 1 N–H and O–H groups in total. The lowest BCUT2D eigenvalue weighted by Gasteiger charge is -2.28. The third kappa shape index (κ3) is 7.86. The van der Waals surface area contributed by atoms with E-state index >= 15 is 0 Å². The van der Waals surface area contributed by atoms with Crippen LogP contribution in [0, 0.1) is 6.92 Å². The predicted molar refractivity (Wildman–Crippen MR) is 135 cm³/mol. The lowest BCUT2D eigenvalue weighted by Crippen LogP contribution is -2.39. The summed E-state index contributed by atoms with van der Waals surface area (Å²) in [7, 11) is 1.59. The molecule has 7 nitrogen and oxygen atoms in total. The highest BCUT2D eigenvalue weighted by Crippen LogP contribution is 2.29. The monoisotopic (exact) mass is 480 g/mol. The first-order valence-corrected chi connectivity index (χ1v) is 12.0. The van der Waals surface area contributed by atoms with Crippen LogP contribution in [-0.4, -0.2) is 49.7 Å². The van der Waals surface area contributed by atoms with Crippen molar-refractivity contribution in [1.82, 2.24) is 10.2 Å². The molecule has 1 aliphatic heterocycles. The van der Waals surface area contributed by atoms with Gasteiger partial charge in [-0.25, -0.2) is 0 Å². The Morgan fingerprint density at radius 2 is 2.00 bits per heavy atom. The van der Waals surface area contributed by atoms with E-state index in [4.69, 9.17) is 14.2 Å². The van der Waals surface area contributed by atoms with E-state index in [1.165, 1.54) is 6.92 Å². The second kappa shape index (κ2) is 13.0. The summed E-state index contributed by atoms with van der Waals surface area (Å²) in [4.78, 5) is 27.3. The van der Waals surface area contributed by atoms with Crippen molar-refractivity contribution < 1.29 is 23.8 Å². The number of rotatable bonds is 12. The molecule has 2 aromatic carbocycles. The fourth-order valence-electron chi connectivity index (χ4n) is 4.19. The van der Waals surface area contributed by atoms with E-state index in [9.17, 15) is 9.59 Å². The van der Waals surface area contributed by atoms with Crippen LogP contribution in [0.25, 0.3) is 0 Å². The zero-order valence-corrected chi connectivity index (χ0v) is 20.9. The minimum absolute atomic E-state index is 0.00892. The molecule has 2 unspecified atom stereocenters. The Bertz CT molecular complexity index is 999. The number of nitrogens with zero attached hydrogens (tertiary/aromatic N) is 1. The van der Waals surface area contributed by atoms with Gasteiger partial charge in [0.1, 0.15) is 6.61 Å². The Labute approximate surface area is 208 Å². The number of aryl methyl sites for hydroxylation is 1. The summed E-state index contributed by atoms with van der Waals surface area (Å²) in [6.45, 7) is 9.14. The number of carbonyl (C=O) groups excluding carboxylic acids is 2. The molecule has 2 aromatic rings. The maximum atomic E-state index is 13.6. The lowest BCUT2D eigenvalue weighted by atomic mass is 10.0. The van der Waals surface area contributed by atoms with Crippen LogP contribution in [0.15, 0.2) is 55.1 Å². The first-order chi connectivity index (χ1) is 16.9. The summed E-state index contributed by atoms with van der Waals surface area (Å²) >= 11 is 0. The average Bonchev–Trinajstić information content (AvgIpc) is 3.35. The third-order valence-corrected chi connectivity index (χ3v) is 5.99. The molecule has 1 heterocycles. The minimum Gasteiger partial charge on any atom is -0.493 e. The van der Waals surface area contributed by atoms with E-state index < -0.39 is 6.04 Å². The third-order valence-electron chi connectivity index (χ3n) is 5.99. The summed E-state index contributed by atoms with van der Waals surface area (Å²) in [6.07, 6.45) is 3.76. The molecule has 0 radical (unpaired) electrons. The summed E-state index contributed by atoms with van der Waals surface area (Å²) < 4.78 is 17.0. The minimum atomic E-state index is -0.406. The van der Waals surface area contributed by atoms with Gasteiger partial charge in [0.15, 0.2) is 11.5 Å². The van der Waals surface area contributed by atoms with Crippen molar-refractivity contribution in [2.75, 3.05) is 26.9 Å². The first kappa shape index (κ1) is 26.3. The number of benzene rings is 2. The molecule has 1 fully saturated rings. The van der Waals surface area contributed by atoms with Gasteiger partial charge in [-0.2, -0.15) is 0 Å². The number of ether oxygens (including phenoxy) is 3. The van der Waals surface area contributed by atoms with Crippen LogP contribution in [0.2, 0.25) is 0 Å². The van der Waals surface area contributed by atoms with Crippen LogP contribution in [0.1, 0.15) is 48.9 Å². The molecule has 2 amide bonds. The number of methoxy groups -OCH3 is 1. The molecule has 0 spiro atoms. The van der Waals surface area contributed by atoms with Crippen molar-refractivity contribution in [3.63, 3.8) is 0 Å². The smallest absolute Gasteiger partial charge is 0.225 e. The lowest BCUT2D eigenvalue weighted by molar-refractivity contribution is -0.134. The topological polar surface area (TPSA) is 77.1 Å². The Morgan fingerprint density at radius 1 is 1.23 bits per heavy atom. The van der Waals surface area contributed by atoms with Crippen LogP contribution in [0.3, 0.4) is 0 Å². The SMILES string of the molecule is C=CCOc1ccc(CN(CC2CCCO2)C(=O)CC(NC(C)=O)c2ccc(C)cc2)cc1OC. The number of hydrogen-bond donors (Lipinski definition) is 1. The van der Waals surface area contributed by atoms with E-state index in [1.807, 2.05) is 54.3 Å². The predicted octanol–water partition coefficient (Wildman–Crippen LogP) is 4.34. The Balaban J connectivity index is 1.80. The summed E-state index contributed by atoms with van der Waals surface area (Å²) in [5, 5.41) is 2.94. The normalized spacial score (nSPS) is 15.8. The van der Waals surface area contributed by atoms with Gasteiger partial charge in [0.05, 0.1) is 25.7 Å². The Kier molecular flexibility index (Phi) is 9.73. The molecule has 1 saturated heterocycles. The molecule has 1 aliphatic rings. The van der Waals surface area contributed by atoms with Crippen molar-refractivity contribution in [1.29, 1.82) is 0 Å². The van der Waals surface area contributed by atoms with E-state index in [-0.39, 0.29) is 24.3 Å². The van der Waals surface area contributed by atoms with Crippen LogP contribution in [-0.2, 0) is 20.9 Å². The molecule has 35 heavy (non-hydrogen) atoms. The van der Waals surface area contributed by atoms with Crippen molar-refractivity contribution in [3.05, 3.63) is 71.8 Å². The second-order valence-electron chi connectivity index (χ2n) is 8.86. The number of amides is 2. The van der Waals surface area contributed by atoms with Gasteiger partial charge < -0.3 is 24.4 Å². The molecule has 7 heteroatoms. The van der Waals surface area contributed by atoms with Crippen molar-refractivity contribution in [2.24, 2.45) is 0 Å². The van der Waals surface area contributed by atoms with Crippen LogP contribution in [0.5, 0.6) is 11.5 Å². The maximum Gasteiger partial charge on any atom is 0.225 e. The molecule has 0 saturated carbocycles. The highest BCUT2D eigenvalue weighted by Gasteiger charge is 2.26. The molecule has 3 rings (SSSR count). The van der Waals surface area contributed by atoms with Crippen molar-refractivity contribution in [3.8, 4) is 11.5 Å². The molecule has 0 aromatic heterocycles. The van der Waals surface area contributed by atoms with Gasteiger partial charge in [-0.3, -0.25) is 9.59 Å². The molecular formula is C28H36N2O5. The van der Waals surface area contributed by atoms with Crippen molar-refractivity contribution >= 4 is 11.8 Å². The van der Waals surface area contributed by atoms with Crippen LogP contribution in [0.4, 0.5) is 0 Å². The maximum absolute atomic E-state index is 13.6. The Morgan fingerprint density at radius 3 is 2.63 bits per heavy atom. The van der Waals surface area contributed by atoms with Crippen LogP contribution >= 0.6 is 0 Å². The summed E-state index contributed by atoms with van der Waals surface area (Å²) in [5.41, 5.74) is 2.95. The second-order valence-corrected chi connectivity index (χ2v) is 8.86. The number of hydrogen-bond acceptors (Lipinski definition) is 5. The highest BCUT2D eigenvalue weighted by molar-refractivity contribution is 5.79. The molecule has 0 bridgehead atoms. The van der Waals surface area contributed by atoms with Gasteiger partial charge >= 0.3 is 0 Å². The molecular weight excluding hydrogens is 444 g/mol. The van der Waals surface area contributed by atoms with Gasteiger partial charge in [0.25, 0.3) is 0 Å². The van der Waals surface area contributed by atoms with Gasteiger partial charge in [0, 0.05) is 26.6 Å². The van der Waals surface area contributed by atoms with Gasteiger partial charge in [-0.05, 0) is 43.0 Å². The Hall–Kier alpha value is -3.32. The number of nitrogens with one attached hydrogen (secondary N) is 1. The van der Waals surface area contributed by atoms with E-state index in [1.54, 1.807) is 13.2 Å². The van der Waals surface area contributed by atoms with Gasteiger partial charge in [0.2, 0.25) is 11.8 Å². The molecule has 0 aliphatic carbocycles. The zero-order chi connectivity index (χ0) is 25.2. The summed E-state index contributed by atoms with van der Waals surface area (Å²) in [5.74, 6) is 1.00.